The summed E-state index contributed by atoms with van der Waals surface area (Å²) in [5.74, 6) is 1.88. The van der Waals surface area contributed by atoms with Crippen LogP contribution in [0.25, 0.3) is 6.08 Å². The van der Waals surface area contributed by atoms with Crippen molar-refractivity contribution < 1.29 is 9.47 Å². The normalized spacial score (nSPS) is 11.2. The largest absolute Gasteiger partial charge is 0.489 e. The molecule has 1 rings (SSSR count). The second kappa shape index (κ2) is 9.03. The molecule has 1 aromatic heterocycles. The van der Waals surface area contributed by atoms with Crippen molar-refractivity contribution in [3.05, 3.63) is 15.8 Å². The third-order valence-electron chi connectivity index (χ3n) is 2.82. The molecule has 0 aliphatic heterocycles. The Labute approximate surface area is 121 Å². The smallest absolute Gasteiger partial charge is 0.179 e. The van der Waals surface area contributed by atoms with Gasteiger partial charge in [0.25, 0.3) is 0 Å². The second-order valence-corrected chi connectivity index (χ2v) is 5.84. The predicted octanol–water partition coefficient (Wildman–Crippen LogP) is 5.45. The summed E-state index contributed by atoms with van der Waals surface area (Å²) >= 11 is 1.74. The van der Waals surface area contributed by atoms with E-state index in [0.717, 1.165) is 50.4 Å². The summed E-state index contributed by atoms with van der Waals surface area (Å²) in [4.78, 5) is 2.37. The molecule has 0 aliphatic rings. The molecule has 0 aliphatic carbocycles. The standard InChI is InChI=1S/C16H26O2S/c1-5-8-11-17-15-13(4)19-14(10-7-3)16(15)18-12-9-6-2/h7,10H,5-6,8-9,11-12H2,1-4H3/b10-7+. The zero-order valence-corrected chi connectivity index (χ0v) is 13.4. The van der Waals surface area contributed by atoms with E-state index < -0.39 is 0 Å². The number of unbranched alkanes of at least 4 members (excludes halogenated alkanes) is 2. The monoisotopic (exact) mass is 282 g/mol. The Morgan fingerprint density at radius 1 is 1.00 bits per heavy atom. The molecule has 0 spiro atoms. The number of ether oxygens (including phenoxy) is 2. The number of aryl methyl sites for hydroxylation is 1. The van der Waals surface area contributed by atoms with Crippen molar-refractivity contribution in [3.63, 3.8) is 0 Å². The average molecular weight is 282 g/mol. The molecule has 2 nitrogen and oxygen atoms in total. The van der Waals surface area contributed by atoms with Gasteiger partial charge in [-0.1, -0.05) is 32.8 Å². The van der Waals surface area contributed by atoms with Crippen LogP contribution < -0.4 is 9.47 Å². The molecule has 0 aromatic carbocycles. The number of allylic oxidation sites excluding steroid dienone is 1. The quantitative estimate of drug-likeness (QED) is 0.561. The van der Waals surface area contributed by atoms with Gasteiger partial charge in [0.1, 0.15) is 0 Å². The molecule has 0 fully saturated rings. The summed E-state index contributed by atoms with van der Waals surface area (Å²) in [6.45, 7) is 10.0. The molecule has 0 saturated carbocycles. The molecule has 0 N–H and O–H groups in total. The predicted molar refractivity (Wildman–Crippen MR) is 84.6 cm³/mol. The van der Waals surface area contributed by atoms with Gasteiger partial charge in [0, 0.05) is 4.88 Å². The third-order valence-corrected chi connectivity index (χ3v) is 3.85. The highest BCUT2D eigenvalue weighted by atomic mass is 32.1. The van der Waals surface area contributed by atoms with E-state index in [9.17, 15) is 0 Å². The van der Waals surface area contributed by atoms with Gasteiger partial charge >= 0.3 is 0 Å². The minimum absolute atomic E-state index is 0.765. The van der Waals surface area contributed by atoms with Crippen molar-refractivity contribution in [2.45, 2.75) is 53.4 Å². The number of thiophene rings is 1. The lowest BCUT2D eigenvalue weighted by molar-refractivity contribution is 0.262. The van der Waals surface area contributed by atoms with E-state index in [1.807, 2.05) is 13.0 Å². The van der Waals surface area contributed by atoms with Crippen molar-refractivity contribution >= 4 is 17.4 Å². The van der Waals surface area contributed by atoms with Crippen LogP contribution in [-0.2, 0) is 0 Å². The van der Waals surface area contributed by atoms with Crippen LogP contribution in [0.2, 0.25) is 0 Å². The molecule has 0 atom stereocenters. The van der Waals surface area contributed by atoms with Crippen LogP contribution in [-0.4, -0.2) is 13.2 Å². The van der Waals surface area contributed by atoms with Crippen molar-refractivity contribution in [1.82, 2.24) is 0 Å². The summed E-state index contributed by atoms with van der Waals surface area (Å²) in [5, 5.41) is 0. The zero-order chi connectivity index (χ0) is 14.1. The molecule has 1 heterocycles. The Hall–Kier alpha value is -0.960. The Bertz CT molecular complexity index is 394. The summed E-state index contributed by atoms with van der Waals surface area (Å²) < 4.78 is 11.9. The van der Waals surface area contributed by atoms with E-state index in [0.29, 0.717) is 0 Å². The number of rotatable bonds is 9. The SMILES string of the molecule is C/C=C/c1sc(C)c(OCCCC)c1OCCCC. The first-order valence-corrected chi connectivity index (χ1v) is 8.07. The molecule has 3 heteroatoms. The minimum atomic E-state index is 0.765. The molecule has 0 radical (unpaired) electrons. The average Bonchev–Trinajstić information content (AvgIpc) is 2.68. The van der Waals surface area contributed by atoms with Crippen LogP contribution in [0.1, 0.15) is 56.2 Å². The van der Waals surface area contributed by atoms with Crippen molar-refractivity contribution in [1.29, 1.82) is 0 Å². The first-order valence-electron chi connectivity index (χ1n) is 7.26. The Morgan fingerprint density at radius 2 is 1.58 bits per heavy atom. The van der Waals surface area contributed by atoms with Crippen LogP contribution in [0.5, 0.6) is 11.5 Å². The summed E-state index contributed by atoms with van der Waals surface area (Å²) in [7, 11) is 0. The number of hydrogen-bond donors (Lipinski definition) is 0. The molecule has 1 aromatic rings. The van der Waals surface area contributed by atoms with E-state index in [1.165, 1.54) is 9.75 Å². The molecule has 0 saturated heterocycles. The maximum absolute atomic E-state index is 5.95. The number of hydrogen-bond acceptors (Lipinski definition) is 3. The van der Waals surface area contributed by atoms with Gasteiger partial charge in [-0.25, -0.2) is 0 Å². The van der Waals surface area contributed by atoms with Gasteiger partial charge < -0.3 is 9.47 Å². The van der Waals surface area contributed by atoms with Crippen LogP contribution in [0.3, 0.4) is 0 Å². The summed E-state index contributed by atoms with van der Waals surface area (Å²) in [5.41, 5.74) is 0. The van der Waals surface area contributed by atoms with Crippen LogP contribution in [0.15, 0.2) is 6.08 Å². The van der Waals surface area contributed by atoms with Crippen molar-refractivity contribution in [3.8, 4) is 11.5 Å². The molecule has 19 heavy (non-hydrogen) atoms. The van der Waals surface area contributed by atoms with Crippen LogP contribution >= 0.6 is 11.3 Å². The van der Waals surface area contributed by atoms with Gasteiger partial charge in [-0.3, -0.25) is 0 Å². The second-order valence-electron chi connectivity index (χ2n) is 4.58. The van der Waals surface area contributed by atoms with E-state index in [1.54, 1.807) is 11.3 Å². The Morgan fingerprint density at radius 3 is 2.11 bits per heavy atom. The first kappa shape index (κ1) is 16.1. The van der Waals surface area contributed by atoms with Crippen molar-refractivity contribution in [2.24, 2.45) is 0 Å². The topological polar surface area (TPSA) is 18.5 Å². The molecule has 0 unspecified atom stereocenters. The van der Waals surface area contributed by atoms with E-state index in [4.69, 9.17) is 9.47 Å². The molecular weight excluding hydrogens is 256 g/mol. The fourth-order valence-corrected chi connectivity index (χ4v) is 2.75. The molecule has 0 bridgehead atoms. The summed E-state index contributed by atoms with van der Waals surface area (Å²) in [6.07, 6.45) is 8.62. The molecule has 108 valence electrons. The zero-order valence-electron chi connectivity index (χ0n) is 12.6. The van der Waals surface area contributed by atoms with Gasteiger partial charge in [-0.05, 0) is 32.8 Å². The lowest BCUT2D eigenvalue weighted by Gasteiger charge is -2.10. The maximum Gasteiger partial charge on any atom is 0.179 e. The van der Waals surface area contributed by atoms with E-state index in [-0.39, 0.29) is 0 Å². The van der Waals surface area contributed by atoms with E-state index >= 15 is 0 Å². The Kier molecular flexibility index (Phi) is 7.65. The Balaban J connectivity index is 2.84. The maximum atomic E-state index is 5.95. The lowest BCUT2D eigenvalue weighted by atomic mass is 10.3. The minimum Gasteiger partial charge on any atom is -0.489 e. The summed E-state index contributed by atoms with van der Waals surface area (Å²) in [6, 6.07) is 0. The van der Waals surface area contributed by atoms with E-state index in [2.05, 4.69) is 26.8 Å². The van der Waals surface area contributed by atoms with Gasteiger partial charge in [-0.2, -0.15) is 0 Å². The molecular formula is C16H26O2S. The fourth-order valence-electron chi connectivity index (χ4n) is 1.73. The highest BCUT2D eigenvalue weighted by molar-refractivity contribution is 7.13. The van der Waals surface area contributed by atoms with Crippen LogP contribution in [0.4, 0.5) is 0 Å². The highest BCUT2D eigenvalue weighted by Gasteiger charge is 2.17. The van der Waals surface area contributed by atoms with Gasteiger partial charge in [0.2, 0.25) is 0 Å². The van der Waals surface area contributed by atoms with Gasteiger partial charge in [0.15, 0.2) is 11.5 Å². The van der Waals surface area contributed by atoms with Gasteiger partial charge in [0.05, 0.1) is 18.1 Å². The fraction of sp³-hybridized carbons (Fsp3) is 0.625. The molecule has 0 amide bonds. The van der Waals surface area contributed by atoms with Crippen LogP contribution in [0, 0.1) is 6.92 Å². The van der Waals surface area contributed by atoms with Crippen molar-refractivity contribution in [2.75, 3.05) is 13.2 Å². The lowest BCUT2D eigenvalue weighted by Crippen LogP contribution is -2.01. The highest BCUT2D eigenvalue weighted by Crippen LogP contribution is 2.42. The first-order chi connectivity index (χ1) is 9.24. The third kappa shape index (κ3) is 4.90. The van der Waals surface area contributed by atoms with Gasteiger partial charge in [-0.15, -0.1) is 11.3 Å².